The summed E-state index contributed by atoms with van der Waals surface area (Å²) in [6.07, 6.45) is 1.70. The molecule has 0 amide bonds. The Hall–Kier alpha value is -1.23. The van der Waals surface area contributed by atoms with Crippen molar-refractivity contribution in [3.05, 3.63) is 45.1 Å². The number of hydrogen-bond donors (Lipinski definition) is 1. The van der Waals surface area contributed by atoms with Crippen LogP contribution in [0, 0.1) is 0 Å². The van der Waals surface area contributed by atoms with Gasteiger partial charge in [-0.3, -0.25) is 0 Å². The summed E-state index contributed by atoms with van der Waals surface area (Å²) >= 11 is 7.99. The van der Waals surface area contributed by atoms with Crippen LogP contribution in [0.4, 0.5) is 0 Å². The summed E-state index contributed by atoms with van der Waals surface area (Å²) in [7, 11) is 1.62. The molecule has 2 aromatic rings. The van der Waals surface area contributed by atoms with Gasteiger partial charge >= 0.3 is 0 Å². The van der Waals surface area contributed by atoms with E-state index in [1.54, 1.807) is 18.4 Å². The number of thiophene rings is 1. The summed E-state index contributed by atoms with van der Waals surface area (Å²) in [5.41, 5.74) is 7.06. The predicted octanol–water partition coefficient (Wildman–Crippen LogP) is 4.27. The van der Waals surface area contributed by atoms with Gasteiger partial charge in [0.2, 0.25) is 0 Å². The monoisotopic (exact) mass is 325 g/mol. The zero-order valence-corrected chi connectivity index (χ0v) is 13.8. The lowest BCUT2D eigenvalue weighted by molar-refractivity contribution is 0.287. The van der Waals surface area contributed by atoms with Crippen molar-refractivity contribution in [3.63, 3.8) is 0 Å². The molecule has 1 aromatic carbocycles. The Bertz CT molecular complexity index is 572. The van der Waals surface area contributed by atoms with Crippen molar-refractivity contribution in [1.82, 2.24) is 0 Å². The van der Waals surface area contributed by atoms with Crippen LogP contribution in [0.25, 0.3) is 0 Å². The van der Waals surface area contributed by atoms with E-state index < -0.39 is 0 Å². The van der Waals surface area contributed by atoms with Gasteiger partial charge in [-0.1, -0.05) is 24.6 Å². The molecule has 1 heterocycles. The lowest BCUT2D eigenvalue weighted by Gasteiger charge is -2.15. The topological polar surface area (TPSA) is 44.5 Å². The highest BCUT2D eigenvalue weighted by molar-refractivity contribution is 7.09. The van der Waals surface area contributed by atoms with E-state index in [2.05, 4.69) is 6.92 Å². The molecular formula is C16H20ClNO2S. The second kappa shape index (κ2) is 7.69. The highest BCUT2D eigenvalue weighted by Gasteiger charge is 2.13. The van der Waals surface area contributed by atoms with E-state index in [9.17, 15) is 0 Å². The molecule has 5 heteroatoms. The van der Waals surface area contributed by atoms with Gasteiger partial charge in [-0.25, -0.2) is 0 Å². The van der Waals surface area contributed by atoms with Crippen molar-refractivity contribution < 1.29 is 9.47 Å². The number of benzene rings is 1. The van der Waals surface area contributed by atoms with Crippen LogP contribution in [0.2, 0.25) is 5.02 Å². The molecular weight excluding hydrogens is 306 g/mol. The molecule has 0 aliphatic carbocycles. The summed E-state index contributed by atoms with van der Waals surface area (Å²) < 4.78 is 11.2. The number of nitrogens with two attached hydrogens (primary N) is 1. The van der Waals surface area contributed by atoms with E-state index in [-0.39, 0.29) is 6.04 Å². The van der Waals surface area contributed by atoms with E-state index in [1.807, 2.05) is 29.6 Å². The molecule has 0 saturated heterocycles. The summed E-state index contributed by atoms with van der Waals surface area (Å²) in [6, 6.07) is 8.01. The minimum absolute atomic E-state index is 0.128. The van der Waals surface area contributed by atoms with E-state index in [1.165, 1.54) is 0 Å². The zero-order chi connectivity index (χ0) is 15.2. The second-order valence-electron chi connectivity index (χ2n) is 4.85. The first kappa shape index (κ1) is 16.1. The van der Waals surface area contributed by atoms with Gasteiger partial charge in [0.05, 0.1) is 12.1 Å². The number of methoxy groups -OCH3 is 1. The van der Waals surface area contributed by atoms with Crippen LogP contribution < -0.4 is 15.2 Å². The molecule has 1 aromatic heterocycles. The highest BCUT2D eigenvalue weighted by atomic mass is 35.5. The Kier molecular flexibility index (Phi) is 5.91. The molecule has 3 nitrogen and oxygen atoms in total. The summed E-state index contributed by atoms with van der Waals surface area (Å²) in [5, 5.41) is 2.58. The van der Waals surface area contributed by atoms with E-state index >= 15 is 0 Å². The van der Waals surface area contributed by atoms with Crippen molar-refractivity contribution in [1.29, 1.82) is 0 Å². The SMILES string of the molecule is CCC(N)Cc1cc(Cl)c(OCc2cccs2)c(OC)c1. The first-order valence-electron chi connectivity index (χ1n) is 6.91. The van der Waals surface area contributed by atoms with Crippen molar-refractivity contribution >= 4 is 22.9 Å². The molecule has 21 heavy (non-hydrogen) atoms. The maximum atomic E-state index is 6.34. The number of halogens is 1. The van der Waals surface area contributed by atoms with Gasteiger partial charge in [-0.15, -0.1) is 11.3 Å². The fraction of sp³-hybridized carbons (Fsp3) is 0.375. The maximum Gasteiger partial charge on any atom is 0.180 e. The molecule has 1 atom stereocenters. The van der Waals surface area contributed by atoms with Gasteiger partial charge in [0.25, 0.3) is 0 Å². The fourth-order valence-corrected chi connectivity index (χ4v) is 2.92. The van der Waals surface area contributed by atoms with Crippen LogP contribution in [-0.4, -0.2) is 13.2 Å². The standard InChI is InChI=1S/C16H20ClNO2S/c1-3-12(18)7-11-8-14(17)16(15(9-11)19-2)20-10-13-5-4-6-21-13/h4-6,8-9,12H,3,7,10,18H2,1-2H3. The van der Waals surface area contributed by atoms with Gasteiger partial charge in [-0.05, 0) is 42.0 Å². The molecule has 1 unspecified atom stereocenters. The Morgan fingerprint density at radius 2 is 2.19 bits per heavy atom. The van der Waals surface area contributed by atoms with Crippen LogP contribution in [-0.2, 0) is 13.0 Å². The van der Waals surface area contributed by atoms with Crippen LogP contribution >= 0.6 is 22.9 Å². The van der Waals surface area contributed by atoms with Gasteiger partial charge in [0.1, 0.15) is 6.61 Å². The molecule has 0 aliphatic rings. The third kappa shape index (κ3) is 4.37. The van der Waals surface area contributed by atoms with Crippen LogP contribution in [0.15, 0.2) is 29.6 Å². The Labute approximate surface area is 134 Å². The predicted molar refractivity (Wildman–Crippen MR) is 88.6 cm³/mol. The number of ether oxygens (including phenoxy) is 2. The third-order valence-electron chi connectivity index (χ3n) is 3.25. The van der Waals surface area contributed by atoms with Crippen molar-refractivity contribution in [3.8, 4) is 11.5 Å². The van der Waals surface area contributed by atoms with Gasteiger partial charge in [0, 0.05) is 10.9 Å². The minimum Gasteiger partial charge on any atom is -0.493 e. The second-order valence-corrected chi connectivity index (χ2v) is 6.29. The Balaban J connectivity index is 2.16. The van der Waals surface area contributed by atoms with Crippen molar-refractivity contribution in [2.75, 3.05) is 7.11 Å². The van der Waals surface area contributed by atoms with Gasteiger partial charge in [0.15, 0.2) is 11.5 Å². The van der Waals surface area contributed by atoms with Crippen LogP contribution in [0.3, 0.4) is 0 Å². The third-order valence-corrected chi connectivity index (χ3v) is 4.38. The zero-order valence-electron chi connectivity index (χ0n) is 12.3. The molecule has 2 N–H and O–H groups in total. The molecule has 2 rings (SSSR count). The summed E-state index contributed by atoms with van der Waals surface area (Å²) in [6.45, 7) is 2.56. The van der Waals surface area contributed by atoms with Gasteiger partial charge < -0.3 is 15.2 Å². The van der Waals surface area contributed by atoms with E-state index in [4.69, 9.17) is 26.8 Å². The van der Waals surface area contributed by atoms with Crippen molar-refractivity contribution in [2.24, 2.45) is 5.73 Å². The van der Waals surface area contributed by atoms with Crippen molar-refractivity contribution in [2.45, 2.75) is 32.4 Å². The minimum atomic E-state index is 0.128. The normalized spacial score (nSPS) is 12.2. The number of hydrogen-bond acceptors (Lipinski definition) is 4. The van der Waals surface area contributed by atoms with E-state index in [0.29, 0.717) is 23.1 Å². The molecule has 0 aliphatic heterocycles. The molecule has 0 radical (unpaired) electrons. The lowest BCUT2D eigenvalue weighted by Crippen LogP contribution is -2.21. The average Bonchev–Trinajstić information content (AvgIpc) is 2.98. The first-order chi connectivity index (χ1) is 10.1. The maximum absolute atomic E-state index is 6.34. The average molecular weight is 326 g/mol. The quantitative estimate of drug-likeness (QED) is 0.826. The smallest absolute Gasteiger partial charge is 0.180 e. The molecule has 0 spiro atoms. The first-order valence-corrected chi connectivity index (χ1v) is 8.17. The van der Waals surface area contributed by atoms with E-state index in [0.717, 1.165) is 23.3 Å². The number of rotatable bonds is 7. The Morgan fingerprint density at radius 1 is 1.38 bits per heavy atom. The summed E-state index contributed by atoms with van der Waals surface area (Å²) in [4.78, 5) is 1.14. The summed E-state index contributed by atoms with van der Waals surface area (Å²) in [5.74, 6) is 1.23. The highest BCUT2D eigenvalue weighted by Crippen LogP contribution is 2.37. The Morgan fingerprint density at radius 3 is 2.81 bits per heavy atom. The molecule has 0 saturated carbocycles. The molecule has 114 valence electrons. The van der Waals surface area contributed by atoms with Crippen LogP contribution in [0.1, 0.15) is 23.8 Å². The molecule has 0 fully saturated rings. The van der Waals surface area contributed by atoms with Gasteiger partial charge in [-0.2, -0.15) is 0 Å². The fourth-order valence-electron chi connectivity index (χ4n) is 2.02. The largest absolute Gasteiger partial charge is 0.493 e. The van der Waals surface area contributed by atoms with Crippen LogP contribution in [0.5, 0.6) is 11.5 Å². The molecule has 0 bridgehead atoms. The lowest BCUT2D eigenvalue weighted by atomic mass is 10.0.